The van der Waals surface area contributed by atoms with Crippen molar-refractivity contribution in [3.05, 3.63) is 75.7 Å². The number of nitrogens with one attached hydrogen (secondary N) is 2. The molecule has 8 nitrogen and oxygen atoms in total. The van der Waals surface area contributed by atoms with Crippen LogP contribution in [0.15, 0.2) is 65.1 Å². The zero-order valence-corrected chi connectivity index (χ0v) is 21.9. The summed E-state index contributed by atoms with van der Waals surface area (Å²) < 4.78 is 16.7. The molecule has 0 unspecified atom stereocenters. The van der Waals surface area contributed by atoms with Crippen LogP contribution < -0.4 is 20.1 Å². The SMILES string of the molecule is COc1ccccc1Oc1ccc(NC(=O)CCC(=O)OCC(=O)Nc2ccc(Br)c(Cl)c2C)cc1. The Hall–Kier alpha value is -3.56. The van der Waals surface area contributed by atoms with Gasteiger partial charge >= 0.3 is 5.97 Å². The summed E-state index contributed by atoms with van der Waals surface area (Å²) in [6.45, 7) is 1.29. The zero-order chi connectivity index (χ0) is 26.1. The molecular weight excluding hydrogens is 552 g/mol. The highest BCUT2D eigenvalue weighted by Crippen LogP contribution is 2.32. The van der Waals surface area contributed by atoms with Crippen LogP contribution in [0.1, 0.15) is 18.4 Å². The predicted molar refractivity (Wildman–Crippen MR) is 141 cm³/mol. The maximum Gasteiger partial charge on any atom is 0.306 e. The van der Waals surface area contributed by atoms with E-state index in [4.69, 9.17) is 25.8 Å². The van der Waals surface area contributed by atoms with Gasteiger partial charge in [0.15, 0.2) is 18.1 Å². The van der Waals surface area contributed by atoms with Crippen molar-refractivity contribution in [1.29, 1.82) is 0 Å². The van der Waals surface area contributed by atoms with Gasteiger partial charge in [0, 0.05) is 22.3 Å². The Balaban J connectivity index is 1.40. The molecular formula is C26H24BrClN2O6. The number of anilines is 2. The molecule has 0 aliphatic heterocycles. The van der Waals surface area contributed by atoms with E-state index in [2.05, 4.69) is 26.6 Å². The van der Waals surface area contributed by atoms with E-state index in [1.54, 1.807) is 62.6 Å². The third-order valence-corrected chi connectivity index (χ3v) is 6.34. The Morgan fingerprint density at radius 1 is 0.889 bits per heavy atom. The van der Waals surface area contributed by atoms with Crippen molar-refractivity contribution in [2.75, 3.05) is 24.4 Å². The summed E-state index contributed by atoms with van der Waals surface area (Å²) in [6.07, 6.45) is -0.265. The molecule has 2 amide bonds. The van der Waals surface area contributed by atoms with Crippen molar-refractivity contribution in [3.8, 4) is 17.2 Å². The van der Waals surface area contributed by atoms with Gasteiger partial charge in [0.1, 0.15) is 5.75 Å². The number of carbonyl (C=O) groups is 3. The number of halogens is 2. The summed E-state index contributed by atoms with van der Waals surface area (Å²) >= 11 is 9.45. The predicted octanol–water partition coefficient (Wildman–Crippen LogP) is 6.11. The molecule has 0 saturated heterocycles. The Morgan fingerprint density at radius 3 is 2.28 bits per heavy atom. The van der Waals surface area contributed by atoms with Crippen LogP contribution in [0.3, 0.4) is 0 Å². The monoisotopic (exact) mass is 574 g/mol. The summed E-state index contributed by atoms with van der Waals surface area (Å²) in [4.78, 5) is 36.2. The highest BCUT2D eigenvalue weighted by molar-refractivity contribution is 9.10. The fourth-order valence-electron chi connectivity index (χ4n) is 3.07. The number of ether oxygens (including phenoxy) is 3. The van der Waals surface area contributed by atoms with Crippen molar-refractivity contribution in [2.45, 2.75) is 19.8 Å². The first kappa shape index (κ1) is 27.0. The highest BCUT2D eigenvalue weighted by Gasteiger charge is 2.13. The van der Waals surface area contributed by atoms with E-state index in [0.29, 0.717) is 43.7 Å². The van der Waals surface area contributed by atoms with Crippen LogP contribution >= 0.6 is 27.5 Å². The number of hydrogen-bond acceptors (Lipinski definition) is 6. The molecule has 3 aromatic carbocycles. The van der Waals surface area contributed by atoms with E-state index in [1.807, 2.05) is 12.1 Å². The minimum absolute atomic E-state index is 0.0959. The Bertz CT molecular complexity index is 1250. The maximum atomic E-state index is 12.2. The molecule has 0 aliphatic rings. The summed E-state index contributed by atoms with van der Waals surface area (Å²) in [5.74, 6) is 0.206. The van der Waals surface area contributed by atoms with Crippen molar-refractivity contribution in [3.63, 3.8) is 0 Å². The molecule has 3 rings (SSSR count). The van der Waals surface area contributed by atoms with Gasteiger partial charge < -0.3 is 24.8 Å². The lowest BCUT2D eigenvalue weighted by atomic mass is 10.2. The van der Waals surface area contributed by atoms with Crippen molar-refractivity contribution < 1.29 is 28.6 Å². The lowest BCUT2D eigenvalue weighted by Gasteiger charge is -2.11. The summed E-state index contributed by atoms with van der Waals surface area (Å²) in [7, 11) is 1.56. The molecule has 0 saturated carbocycles. The molecule has 0 spiro atoms. The van der Waals surface area contributed by atoms with Gasteiger partial charge in [-0.3, -0.25) is 14.4 Å². The van der Waals surface area contributed by atoms with Crippen molar-refractivity contribution >= 4 is 56.7 Å². The number of amides is 2. The van der Waals surface area contributed by atoms with Gasteiger partial charge in [-0.25, -0.2) is 0 Å². The standard InChI is InChI=1S/C26H24BrClN2O6/c1-16-20(12-11-19(27)26(16)28)30-24(32)15-35-25(33)14-13-23(31)29-17-7-9-18(10-8-17)36-22-6-4-3-5-21(22)34-2/h3-12H,13-15H2,1-2H3,(H,29,31)(H,30,32). The van der Waals surface area contributed by atoms with Gasteiger partial charge in [-0.05, 0) is 76.9 Å². The third kappa shape index (κ3) is 7.73. The van der Waals surface area contributed by atoms with Crippen LogP contribution in [0.2, 0.25) is 5.02 Å². The van der Waals surface area contributed by atoms with Gasteiger partial charge in [-0.15, -0.1) is 0 Å². The largest absolute Gasteiger partial charge is 0.493 e. The van der Waals surface area contributed by atoms with E-state index >= 15 is 0 Å². The zero-order valence-electron chi connectivity index (χ0n) is 19.6. The van der Waals surface area contributed by atoms with E-state index in [-0.39, 0.29) is 18.7 Å². The Kier molecular flexibility index (Phi) is 9.72. The molecule has 2 N–H and O–H groups in total. The number of hydrogen-bond donors (Lipinski definition) is 2. The molecule has 0 fully saturated rings. The topological polar surface area (TPSA) is 103 Å². The quantitative estimate of drug-likeness (QED) is 0.283. The first-order valence-electron chi connectivity index (χ1n) is 10.9. The molecule has 0 radical (unpaired) electrons. The van der Waals surface area contributed by atoms with Crippen LogP contribution in [0, 0.1) is 6.92 Å². The summed E-state index contributed by atoms with van der Waals surface area (Å²) in [5, 5.41) is 5.82. The molecule has 36 heavy (non-hydrogen) atoms. The maximum absolute atomic E-state index is 12.2. The lowest BCUT2D eigenvalue weighted by molar-refractivity contribution is -0.147. The van der Waals surface area contributed by atoms with Crippen LogP contribution in [-0.2, 0) is 19.1 Å². The van der Waals surface area contributed by atoms with Gasteiger partial charge in [-0.2, -0.15) is 0 Å². The van der Waals surface area contributed by atoms with Gasteiger partial charge in [0.2, 0.25) is 5.91 Å². The van der Waals surface area contributed by atoms with Crippen LogP contribution in [0.25, 0.3) is 0 Å². The third-order valence-electron chi connectivity index (χ3n) is 4.97. The van der Waals surface area contributed by atoms with Crippen molar-refractivity contribution in [2.24, 2.45) is 0 Å². The minimum atomic E-state index is -0.661. The van der Waals surface area contributed by atoms with Gasteiger partial charge in [0.25, 0.3) is 5.91 Å². The molecule has 0 aliphatic carbocycles. The van der Waals surface area contributed by atoms with Gasteiger partial charge in [-0.1, -0.05) is 23.7 Å². The van der Waals surface area contributed by atoms with Gasteiger partial charge in [0.05, 0.1) is 18.6 Å². The fourth-order valence-corrected chi connectivity index (χ4v) is 3.66. The molecule has 3 aromatic rings. The van der Waals surface area contributed by atoms with Crippen LogP contribution in [-0.4, -0.2) is 31.5 Å². The average Bonchev–Trinajstić information content (AvgIpc) is 2.88. The molecule has 188 valence electrons. The van der Waals surface area contributed by atoms with Crippen molar-refractivity contribution in [1.82, 2.24) is 0 Å². The highest BCUT2D eigenvalue weighted by atomic mass is 79.9. The second-order valence-corrected chi connectivity index (χ2v) is 8.80. The minimum Gasteiger partial charge on any atom is -0.493 e. The molecule has 0 atom stereocenters. The number of benzene rings is 3. The number of carbonyl (C=O) groups excluding carboxylic acids is 3. The summed E-state index contributed by atoms with van der Waals surface area (Å²) in [5.41, 5.74) is 1.74. The second kappa shape index (κ2) is 12.9. The lowest BCUT2D eigenvalue weighted by Crippen LogP contribution is -2.22. The van der Waals surface area contributed by atoms with E-state index in [0.717, 1.165) is 0 Å². The molecule has 10 heteroatoms. The smallest absolute Gasteiger partial charge is 0.306 e. The van der Waals surface area contributed by atoms with E-state index < -0.39 is 18.5 Å². The Labute approximate surface area is 222 Å². The number of methoxy groups -OCH3 is 1. The Morgan fingerprint density at radius 2 is 1.58 bits per heavy atom. The van der Waals surface area contributed by atoms with E-state index in [9.17, 15) is 14.4 Å². The van der Waals surface area contributed by atoms with E-state index in [1.165, 1.54) is 0 Å². The second-order valence-electron chi connectivity index (χ2n) is 7.57. The average molecular weight is 576 g/mol. The van der Waals surface area contributed by atoms with Crippen LogP contribution in [0.4, 0.5) is 11.4 Å². The summed E-state index contributed by atoms with van der Waals surface area (Å²) in [6, 6.07) is 17.4. The number of para-hydroxylation sites is 2. The first-order chi connectivity index (χ1) is 17.3. The number of rotatable bonds is 10. The van der Waals surface area contributed by atoms with Crippen LogP contribution in [0.5, 0.6) is 17.2 Å². The number of esters is 1. The molecule has 0 heterocycles. The molecule has 0 bridgehead atoms. The first-order valence-corrected chi connectivity index (χ1v) is 12.0. The normalized spacial score (nSPS) is 10.3. The molecule has 0 aromatic heterocycles. The fraction of sp³-hybridized carbons (Fsp3) is 0.192.